The van der Waals surface area contributed by atoms with Gasteiger partial charge in [0, 0.05) is 11.1 Å². The Morgan fingerprint density at radius 1 is 1.38 bits per heavy atom. The number of nitrogens with one attached hydrogen (secondary N) is 1. The van der Waals surface area contributed by atoms with Crippen molar-refractivity contribution < 1.29 is 14.7 Å². The number of hydrogen-bond acceptors (Lipinski definition) is 3. The predicted octanol–water partition coefficient (Wildman–Crippen LogP) is 3.40. The Labute approximate surface area is 140 Å². The first kappa shape index (κ1) is 16.2. The number of carbonyl (C=O) groups is 2. The highest BCUT2D eigenvalue weighted by Crippen LogP contribution is 2.44. The molecule has 0 bridgehead atoms. The smallest absolute Gasteiger partial charge is 0.339 e. The molecule has 3 rings (SSSR count). The van der Waals surface area contributed by atoms with Gasteiger partial charge in [-0.3, -0.25) is 4.79 Å². The van der Waals surface area contributed by atoms with Crippen LogP contribution in [0.1, 0.15) is 48.7 Å². The van der Waals surface area contributed by atoms with Crippen LogP contribution in [0.25, 0.3) is 5.69 Å². The number of hydrogen-bond donors (Lipinski definition) is 2. The van der Waals surface area contributed by atoms with Gasteiger partial charge in [0.25, 0.3) is 0 Å². The Hall–Kier alpha value is -2.63. The second-order valence-electron chi connectivity index (χ2n) is 6.35. The van der Waals surface area contributed by atoms with Crippen LogP contribution in [0.15, 0.2) is 30.5 Å². The molecule has 126 valence electrons. The zero-order chi connectivity index (χ0) is 17.3. The van der Waals surface area contributed by atoms with Crippen LogP contribution in [-0.2, 0) is 4.79 Å². The molecule has 2 aromatic rings. The molecule has 1 aliphatic carbocycles. The second-order valence-corrected chi connectivity index (χ2v) is 6.35. The summed E-state index contributed by atoms with van der Waals surface area (Å²) in [4.78, 5) is 23.7. The van der Waals surface area contributed by atoms with Gasteiger partial charge in [0.05, 0.1) is 17.6 Å². The first-order chi connectivity index (χ1) is 11.5. The maximum atomic E-state index is 12.5. The molecule has 1 fully saturated rings. The van der Waals surface area contributed by atoms with E-state index in [-0.39, 0.29) is 16.9 Å². The third-order valence-corrected chi connectivity index (χ3v) is 5.06. The van der Waals surface area contributed by atoms with E-state index in [2.05, 4.69) is 17.3 Å². The van der Waals surface area contributed by atoms with E-state index in [0.29, 0.717) is 11.4 Å². The summed E-state index contributed by atoms with van der Waals surface area (Å²) in [5.74, 6) is -0.935. The van der Waals surface area contributed by atoms with Gasteiger partial charge in [-0.15, -0.1) is 0 Å². The van der Waals surface area contributed by atoms with E-state index in [9.17, 15) is 9.59 Å². The number of carboxylic acids is 1. The minimum atomic E-state index is -1.00. The lowest BCUT2D eigenvalue weighted by atomic mass is 9.66. The van der Waals surface area contributed by atoms with Crippen LogP contribution in [0.5, 0.6) is 0 Å². The lowest BCUT2D eigenvalue weighted by Crippen LogP contribution is -2.41. The normalized spacial score (nSPS) is 15.6. The van der Waals surface area contributed by atoms with E-state index in [4.69, 9.17) is 5.11 Å². The van der Waals surface area contributed by atoms with Gasteiger partial charge in [-0.25, -0.2) is 9.48 Å². The van der Waals surface area contributed by atoms with E-state index < -0.39 is 5.97 Å². The fourth-order valence-electron chi connectivity index (χ4n) is 3.20. The van der Waals surface area contributed by atoms with Gasteiger partial charge in [-0.2, -0.15) is 5.10 Å². The van der Waals surface area contributed by atoms with Crippen molar-refractivity contribution in [2.75, 3.05) is 5.32 Å². The highest BCUT2D eigenvalue weighted by molar-refractivity contribution is 5.96. The van der Waals surface area contributed by atoms with Crippen molar-refractivity contribution in [1.29, 1.82) is 0 Å². The molecule has 0 aliphatic heterocycles. The average Bonchev–Trinajstić information content (AvgIpc) is 2.89. The van der Waals surface area contributed by atoms with E-state index in [1.165, 1.54) is 6.20 Å². The Bertz CT molecular complexity index is 785. The third kappa shape index (κ3) is 2.68. The molecule has 6 heteroatoms. The minimum absolute atomic E-state index is 0.0665. The third-order valence-electron chi connectivity index (χ3n) is 5.06. The van der Waals surface area contributed by atoms with Gasteiger partial charge >= 0.3 is 5.97 Å². The highest BCUT2D eigenvalue weighted by Gasteiger charge is 2.42. The van der Waals surface area contributed by atoms with Crippen LogP contribution in [0.4, 0.5) is 5.69 Å². The van der Waals surface area contributed by atoms with Crippen LogP contribution in [0.3, 0.4) is 0 Å². The summed E-state index contributed by atoms with van der Waals surface area (Å²) < 4.78 is 1.57. The van der Waals surface area contributed by atoms with Crippen LogP contribution < -0.4 is 5.32 Å². The van der Waals surface area contributed by atoms with E-state index in [1.54, 1.807) is 11.6 Å². The van der Waals surface area contributed by atoms with Crippen molar-refractivity contribution in [3.05, 3.63) is 41.7 Å². The largest absolute Gasteiger partial charge is 0.478 e. The highest BCUT2D eigenvalue weighted by atomic mass is 16.4. The second kappa shape index (κ2) is 6.11. The van der Waals surface area contributed by atoms with Crippen molar-refractivity contribution in [2.45, 2.75) is 39.5 Å². The summed E-state index contributed by atoms with van der Waals surface area (Å²) in [7, 11) is 0. The van der Waals surface area contributed by atoms with Crippen LogP contribution in [0.2, 0.25) is 0 Å². The summed E-state index contributed by atoms with van der Waals surface area (Å²) >= 11 is 0. The standard InChI is InChI=1S/C18H21N3O3/c1-3-18(8-5-9-18)17(24)20-13-6-4-7-14(10-13)21-12(2)15(11-19-21)16(22)23/h4,6-7,10-11H,3,5,8-9H2,1-2H3,(H,20,24)(H,22,23). The summed E-state index contributed by atoms with van der Waals surface area (Å²) in [6, 6.07) is 7.30. The molecule has 0 saturated heterocycles. The topological polar surface area (TPSA) is 84.2 Å². The summed E-state index contributed by atoms with van der Waals surface area (Å²) in [5.41, 5.74) is 1.91. The fourth-order valence-corrected chi connectivity index (χ4v) is 3.20. The molecule has 1 aromatic heterocycles. The molecule has 0 atom stereocenters. The lowest BCUT2D eigenvalue weighted by molar-refractivity contribution is -0.130. The first-order valence-electron chi connectivity index (χ1n) is 8.17. The maximum absolute atomic E-state index is 12.5. The summed E-state index contributed by atoms with van der Waals surface area (Å²) in [5, 5.41) is 16.3. The van der Waals surface area contributed by atoms with E-state index in [0.717, 1.165) is 31.4 Å². The van der Waals surface area contributed by atoms with Crippen LogP contribution >= 0.6 is 0 Å². The van der Waals surface area contributed by atoms with Crippen molar-refractivity contribution in [3.63, 3.8) is 0 Å². The lowest BCUT2D eigenvalue weighted by Gasteiger charge is -2.39. The van der Waals surface area contributed by atoms with Crippen molar-refractivity contribution >= 4 is 17.6 Å². The molecule has 0 radical (unpaired) electrons. The number of amides is 1. The maximum Gasteiger partial charge on any atom is 0.339 e. The van der Waals surface area contributed by atoms with E-state index in [1.807, 2.05) is 24.3 Å². The Morgan fingerprint density at radius 3 is 2.67 bits per heavy atom. The molecule has 6 nitrogen and oxygen atoms in total. The van der Waals surface area contributed by atoms with E-state index >= 15 is 0 Å². The Morgan fingerprint density at radius 2 is 2.12 bits per heavy atom. The molecule has 1 saturated carbocycles. The molecule has 1 aromatic carbocycles. The Balaban J connectivity index is 1.85. The molecule has 1 amide bonds. The SMILES string of the molecule is CCC1(C(=O)Nc2cccc(-n3ncc(C(=O)O)c3C)c2)CCC1. The predicted molar refractivity (Wildman–Crippen MR) is 90.5 cm³/mol. The quantitative estimate of drug-likeness (QED) is 0.881. The van der Waals surface area contributed by atoms with Gasteiger partial charge in [-0.1, -0.05) is 19.4 Å². The van der Waals surface area contributed by atoms with Gasteiger partial charge in [-0.05, 0) is 44.4 Å². The molecular weight excluding hydrogens is 306 g/mol. The average molecular weight is 327 g/mol. The molecule has 0 spiro atoms. The number of rotatable bonds is 5. The minimum Gasteiger partial charge on any atom is -0.478 e. The molecule has 1 heterocycles. The molecule has 2 N–H and O–H groups in total. The van der Waals surface area contributed by atoms with Gasteiger partial charge in [0.1, 0.15) is 5.56 Å². The molecule has 1 aliphatic rings. The van der Waals surface area contributed by atoms with Crippen molar-refractivity contribution in [3.8, 4) is 5.69 Å². The van der Waals surface area contributed by atoms with Crippen LogP contribution in [-0.4, -0.2) is 26.8 Å². The van der Waals surface area contributed by atoms with Crippen molar-refractivity contribution in [2.24, 2.45) is 5.41 Å². The number of aromatic carboxylic acids is 1. The number of benzene rings is 1. The number of anilines is 1. The Kier molecular flexibility index (Phi) is 4.13. The fraction of sp³-hybridized carbons (Fsp3) is 0.389. The zero-order valence-corrected chi connectivity index (χ0v) is 13.9. The number of nitrogens with zero attached hydrogens (tertiary/aromatic N) is 2. The number of aromatic nitrogens is 2. The summed E-state index contributed by atoms with van der Waals surface area (Å²) in [6.45, 7) is 3.76. The van der Waals surface area contributed by atoms with Crippen molar-refractivity contribution in [1.82, 2.24) is 9.78 Å². The molecular formula is C18H21N3O3. The zero-order valence-electron chi connectivity index (χ0n) is 13.9. The molecule has 24 heavy (non-hydrogen) atoms. The van der Waals surface area contributed by atoms with Gasteiger partial charge in [0.15, 0.2) is 0 Å². The monoisotopic (exact) mass is 327 g/mol. The van der Waals surface area contributed by atoms with Gasteiger partial charge < -0.3 is 10.4 Å². The molecule has 0 unspecified atom stereocenters. The van der Waals surface area contributed by atoms with Gasteiger partial charge in [0.2, 0.25) is 5.91 Å². The number of carboxylic acid groups (broad SMARTS) is 1. The van der Waals surface area contributed by atoms with Crippen LogP contribution in [0, 0.1) is 12.3 Å². The number of carbonyl (C=O) groups excluding carboxylic acids is 1. The summed E-state index contributed by atoms with van der Waals surface area (Å²) in [6.07, 6.45) is 5.17. The first-order valence-corrected chi connectivity index (χ1v) is 8.17.